The standard InChI is InChI=1S/C11H19FN2O2/c12-7-3-4-8-13-11(16)9-5-1-2-6-10(15)14-9/h9H,1-8H2,(H,13,16)(H,14,15)/t9-/m1/s1. The molecule has 1 heterocycles. The van der Waals surface area contributed by atoms with E-state index < -0.39 is 6.04 Å². The lowest BCUT2D eigenvalue weighted by Gasteiger charge is -2.15. The van der Waals surface area contributed by atoms with Crippen molar-refractivity contribution in [3.05, 3.63) is 0 Å². The number of carbonyl (C=O) groups is 2. The monoisotopic (exact) mass is 230 g/mol. The molecule has 16 heavy (non-hydrogen) atoms. The second-order valence-corrected chi connectivity index (χ2v) is 4.05. The maximum atomic E-state index is 11.8. The summed E-state index contributed by atoms with van der Waals surface area (Å²) in [4.78, 5) is 22.9. The highest BCUT2D eigenvalue weighted by Crippen LogP contribution is 2.09. The van der Waals surface area contributed by atoms with Gasteiger partial charge < -0.3 is 10.6 Å². The van der Waals surface area contributed by atoms with Gasteiger partial charge in [0.25, 0.3) is 0 Å². The van der Waals surface area contributed by atoms with Crippen molar-refractivity contribution in [2.24, 2.45) is 0 Å². The van der Waals surface area contributed by atoms with E-state index in [1.165, 1.54) is 0 Å². The summed E-state index contributed by atoms with van der Waals surface area (Å²) in [6, 6.07) is -0.402. The fourth-order valence-electron chi connectivity index (χ4n) is 1.72. The molecular formula is C11H19FN2O2. The lowest BCUT2D eigenvalue weighted by atomic mass is 10.1. The molecule has 1 atom stereocenters. The zero-order valence-corrected chi connectivity index (χ0v) is 9.43. The van der Waals surface area contributed by atoms with E-state index in [0.29, 0.717) is 32.2 Å². The Balaban J connectivity index is 2.25. The number of carbonyl (C=O) groups excluding carboxylic acids is 2. The molecule has 4 nitrogen and oxygen atoms in total. The Morgan fingerprint density at radius 2 is 2.25 bits per heavy atom. The Labute approximate surface area is 95.0 Å². The van der Waals surface area contributed by atoms with E-state index >= 15 is 0 Å². The summed E-state index contributed by atoms with van der Waals surface area (Å²) >= 11 is 0. The Kier molecular flexibility index (Phi) is 5.82. The highest BCUT2D eigenvalue weighted by Gasteiger charge is 2.22. The fourth-order valence-corrected chi connectivity index (χ4v) is 1.72. The van der Waals surface area contributed by atoms with Gasteiger partial charge in [0.2, 0.25) is 11.8 Å². The van der Waals surface area contributed by atoms with E-state index in [4.69, 9.17) is 0 Å². The van der Waals surface area contributed by atoms with Crippen LogP contribution >= 0.6 is 0 Å². The molecule has 1 aliphatic heterocycles. The third-order valence-electron chi connectivity index (χ3n) is 2.66. The Bertz CT molecular complexity index is 246. The molecule has 0 radical (unpaired) electrons. The highest BCUT2D eigenvalue weighted by atomic mass is 19.1. The SMILES string of the molecule is O=C1CCCC[C@H](C(=O)NCCCCF)N1. The molecule has 0 saturated carbocycles. The van der Waals surface area contributed by atoms with Crippen LogP contribution in [0.1, 0.15) is 38.5 Å². The highest BCUT2D eigenvalue weighted by molar-refractivity contribution is 5.87. The topological polar surface area (TPSA) is 58.2 Å². The zero-order chi connectivity index (χ0) is 11.8. The van der Waals surface area contributed by atoms with Gasteiger partial charge in [0.1, 0.15) is 6.04 Å². The minimum absolute atomic E-state index is 0.0543. The van der Waals surface area contributed by atoms with Crippen molar-refractivity contribution in [2.75, 3.05) is 13.2 Å². The molecule has 0 aromatic heterocycles. The Hall–Kier alpha value is -1.13. The van der Waals surface area contributed by atoms with Gasteiger partial charge >= 0.3 is 0 Å². The van der Waals surface area contributed by atoms with Crippen LogP contribution in [0.15, 0.2) is 0 Å². The molecule has 1 saturated heterocycles. The average Bonchev–Trinajstić information content (AvgIpc) is 2.49. The number of amides is 2. The molecule has 2 N–H and O–H groups in total. The first-order chi connectivity index (χ1) is 7.74. The molecule has 2 amide bonds. The predicted octanol–water partition coefficient (Wildman–Crippen LogP) is 0.911. The number of unbranched alkanes of at least 4 members (excludes halogenated alkanes) is 1. The zero-order valence-electron chi connectivity index (χ0n) is 9.43. The lowest BCUT2D eigenvalue weighted by Crippen LogP contribution is -2.45. The van der Waals surface area contributed by atoms with Crippen molar-refractivity contribution in [3.8, 4) is 0 Å². The molecule has 1 aliphatic rings. The first-order valence-electron chi connectivity index (χ1n) is 5.87. The second-order valence-electron chi connectivity index (χ2n) is 4.05. The number of halogens is 1. The van der Waals surface area contributed by atoms with Gasteiger partial charge in [-0.1, -0.05) is 6.42 Å². The largest absolute Gasteiger partial charge is 0.354 e. The van der Waals surface area contributed by atoms with E-state index in [-0.39, 0.29) is 18.5 Å². The van der Waals surface area contributed by atoms with Crippen LogP contribution in [0.2, 0.25) is 0 Å². The van der Waals surface area contributed by atoms with Crippen molar-refractivity contribution in [2.45, 2.75) is 44.6 Å². The maximum absolute atomic E-state index is 11.8. The molecule has 1 fully saturated rings. The molecule has 0 unspecified atom stereocenters. The van der Waals surface area contributed by atoms with Crippen molar-refractivity contribution >= 4 is 11.8 Å². The molecule has 5 heteroatoms. The summed E-state index contributed by atoms with van der Waals surface area (Å²) in [7, 11) is 0. The third-order valence-corrected chi connectivity index (χ3v) is 2.66. The number of hydrogen-bond donors (Lipinski definition) is 2. The smallest absolute Gasteiger partial charge is 0.242 e. The van der Waals surface area contributed by atoms with Crippen LogP contribution in [0, 0.1) is 0 Å². The van der Waals surface area contributed by atoms with Crippen LogP contribution in [-0.2, 0) is 9.59 Å². The van der Waals surface area contributed by atoms with Gasteiger partial charge in [0.05, 0.1) is 6.67 Å². The second kappa shape index (κ2) is 7.19. The summed E-state index contributed by atoms with van der Waals surface area (Å²) in [6.45, 7) is 0.130. The van der Waals surface area contributed by atoms with Crippen molar-refractivity contribution in [1.82, 2.24) is 10.6 Å². The third kappa shape index (κ3) is 4.59. The van der Waals surface area contributed by atoms with Gasteiger partial charge in [-0.2, -0.15) is 0 Å². The molecule has 0 bridgehead atoms. The predicted molar refractivity (Wildman–Crippen MR) is 58.6 cm³/mol. The molecule has 0 aromatic rings. The molecule has 0 spiro atoms. The quantitative estimate of drug-likeness (QED) is 0.690. The van der Waals surface area contributed by atoms with Crippen LogP contribution in [0.4, 0.5) is 4.39 Å². The molecule has 0 aliphatic carbocycles. The van der Waals surface area contributed by atoms with Gasteiger partial charge in [-0.05, 0) is 25.7 Å². The van der Waals surface area contributed by atoms with Crippen molar-refractivity contribution < 1.29 is 14.0 Å². The van der Waals surface area contributed by atoms with Gasteiger partial charge in [-0.15, -0.1) is 0 Å². The van der Waals surface area contributed by atoms with Gasteiger partial charge in [0, 0.05) is 13.0 Å². The van der Waals surface area contributed by atoms with Gasteiger partial charge in [0.15, 0.2) is 0 Å². The van der Waals surface area contributed by atoms with Gasteiger partial charge in [-0.3, -0.25) is 14.0 Å². The minimum atomic E-state index is -0.402. The molecule has 0 aromatic carbocycles. The van der Waals surface area contributed by atoms with Crippen LogP contribution < -0.4 is 10.6 Å². The van der Waals surface area contributed by atoms with Crippen LogP contribution in [0.3, 0.4) is 0 Å². The lowest BCUT2D eigenvalue weighted by molar-refractivity contribution is -0.128. The summed E-state index contributed by atoms with van der Waals surface area (Å²) in [5.41, 5.74) is 0. The van der Waals surface area contributed by atoms with E-state index in [0.717, 1.165) is 12.8 Å². The summed E-state index contributed by atoms with van der Waals surface area (Å²) < 4.78 is 11.8. The van der Waals surface area contributed by atoms with Crippen LogP contribution in [0.25, 0.3) is 0 Å². The number of alkyl halides is 1. The summed E-state index contributed by atoms with van der Waals surface area (Å²) in [5, 5.41) is 5.41. The minimum Gasteiger partial charge on any atom is -0.354 e. The van der Waals surface area contributed by atoms with E-state index in [1.54, 1.807) is 0 Å². The molecular weight excluding hydrogens is 211 g/mol. The van der Waals surface area contributed by atoms with E-state index in [9.17, 15) is 14.0 Å². The average molecular weight is 230 g/mol. The van der Waals surface area contributed by atoms with Crippen LogP contribution in [-0.4, -0.2) is 31.1 Å². The van der Waals surface area contributed by atoms with E-state index in [2.05, 4.69) is 10.6 Å². The van der Waals surface area contributed by atoms with E-state index in [1.807, 2.05) is 0 Å². The number of nitrogens with one attached hydrogen (secondary N) is 2. The number of hydrogen-bond acceptors (Lipinski definition) is 2. The van der Waals surface area contributed by atoms with Gasteiger partial charge in [-0.25, -0.2) is 0 Å². The first kappa shape index (κ1) is 12.9. The van der Waals surface area contributed by atoms with Crippen molar-refractivity contribution in [3.63, 3.8) is 0 Å². The van der Waals surface area contributed by atoms with Crippen LogP contribution in [0.5, 0.6) is 0 Å². The molecule has 92 valence electrons. The summed E-state index contributed by atoms with van der Waals surface area (Å²) in [6.07, 6.45) is 4.05. The number of rotatable bonds is 5. The molecule has 1 rings (SSSR count). The maximum Gasteiger partial charge on any atom is 0.242 e. The summed E-state index contributed by atoms with van der Waals surface area (Å²) in [5.74, 6) is -0.199. The Morgan fingerprint density at radius 1 is 1.44 bits per heavy atom. The Morgan fingerprint density at radius 3 is 3.00 bits per heavy atom. The first-order valence-corrected chi connectivity index (χ1v) is 5.87. The normalized spacial score (nSPS) is 21.1. The van der Waals surface area contributed by atoms with Crippen molar-refractivity contribution in [1.29, 1.82) is 0 Å². The fraction of sp³-hybridized carbons (Fsp3) is 0.818.